The van der Waals surface area contributed by atoms with Gasteiger partial charge in [-0.05, 0) is 31.2 Å². The van der Waals surface area contributed by atoms with Crippen LogP contribution in [0.5, 0.6) is 0 Å². The van der Waals surface area contributed by atoms with Crippen LogP contribution in [0, 0.1) is 0 Å². The van der Waals surface area contributed by atoms with E-state index in [0.717, 1.165) is 6.92 Å². The number of aliphatic carboxylic acids is 1. The lowest BCUT2D eigenvalue weighted by Gasteiger charge is -2.11. The van der Waals surface area contributed by atoms with E-state index in [9.17, 15) is 21.6 Å². The van der Waals surface area contributed by atoms with Gasteiger partial charge in [0, 0.05) is 5.69 Å². The average molecular weight is 321 g/mol. The van der Waals surface area contributed by atoms with E-state index in [0.29, 0.717) is 0 Å². The highest BCUT2D eigenvalue weighted by Crippen LogP contribution is 2.17. The molecule has 1 rings (SSSR count). The number of benzene rings is 1. The smallest absolute Gasteiger partial charge is 0.323 e. The molecule has 0 heterocycles. The molecule has 0 aliphatic carbocycles. The fraction of sp³-hybridized carbons (Fsp3) is 0.364. The van der Waals surface area contributed by atoms with Crippen molar-refractivity contribution in [1.29, 1.82) is 0 Å². The molecule has 1 atom stereocenters. The first-order valence-corrected chi connectivity index (χ1v) is 8.87. The van der Waals surface area contributed by atoms with Gasteiger partial charge in [0.2, 0.25) is 10.0 Å². The highest BCUT2D eigenvalue weighted by atomic mass is 32.2. The van der Waals surface area contributed by atoms with Crippen molar-refractivity contribution < 1.29 is 26.7 Å². The van der Waals surface area contributed by atoms with E-state index in [1.807, 2.05) is 0 Å². The second kappa shape index (κ2) is 5.80. The first-order chi connectivity index (χ1) is 9.10. The van der Waals surface area contributed by atoms with E-state index in [4.69, 9.17) is 5.11 Å². The molecule has 1 aromatic rings. The molecule has 0 aromatic heterocycles. The summed E-state index contributed by atoms with van der Waals surface area (Å²) in [5.41, 5.74) is 0.105. The van der Waals surface area contributed by atoms with E-state index in [-0.39, 0.29) is 16.3 Å². The minimum atomic E-state index is -4.07. The number of sulfone groups is 1. The third kappa shape index (κ3) is 3.70. The van der Waals surface area contributed by atoms with E-state index >= 15 is 0 Å². The molecule has 112 valence electrons. The van der Waals surface area contributed by atoms with Gasteiger partial charge in [-0.3, -0.25) is 9.52 Å². The van der Waals surface area contributed by atoms with Crippen LogP contribution in [0.25, 0.3) is 0 Å². The van der Waals surface area contributed by atoms with Gasteiger partial charge in [-0.15, -0.1) is 0 Å². The summed E-state index contributed by atoms with van der Waals surface area (Å²) in [5, 5.41) is 7.07. The summed E-state index contributed by atoms with van der Waals surface area (Å²) in [6, 6.07) is 5.08. The van der Waals surface area contributed by atoms with Crippen molar-refractivity contribution in [2.45, 2.75) is 24.0 Å². The maximum absolute atomic E-state index is 11.7. The molecule has 1 aromatic carbocycles. The largest absolute Gasteiger partial charge is 0.480 e. The highest BCUT2D eigenvalue weighted by molar-refractivity contribution is 7.94. The number of carbonyl (C=O) groups is 1. The second-order valence-corrected chi connectivity index (χ2v) is 8.33. The first-order valence-electron chi connectivity index (χ1n) is 5.67. The summed E-state index contributed by atoms with van der Waals surface area (Å²) in [6.45, 7) is 2.54. The number of sulfonamides is 1. The van der Waals surface area contributed by atoms with Crippen LogP contribution in [0.1, 0.15) is 13.8 Å². The monoisotopic (exact) mass is 321 g/mol. The second-order valence-electron chi connectivity index (χ2n) is 4.06. The van der Waals surface area contributed by atoms with Crippen LogP contribution in [0.2, 0.25) is 0 Å². The zero-order chi connectivity index (χ0) is 15.6. The van der Waals surface area contributed by atoms with Gasteiger partial charge >= 0.3 is 5.97 Å². The fourth-order valence-corrected chi connectivity index (χ4v) is 3.07. The Morgan fingerprint density at radius 2 is 1.70 bits per heavy atom. The molecule has 20 heavy (non-hydrogen) atoms. The van der Waals surface area contributed by atoms with Gasteiger partial charge in [0.25, 0.3) is 0 Å². The van der Waals surface area contributed by atoms with Crippen molar-refractivity contribution in [2.75, 3.05) is 10.5 Å². The minimum Gasteiger partial charge on any atom is -0.480 e. The number of nitrogens with one attached hydrogen (secondary N) is 1. The van der Waals surface area contributed by atoms with Crippen LogP contribution >= 0.6 is 0 Å². The van der Waals surface area contributed by atoms with Gasteiger partial charge in [-0.25, -0.2) is 16.8 Å². The minimum absolute atomic E-state index is 0.0614. The average Bonchev–Trinajstić information content (AvgIpc) is 2.37. The molecule has 0 spiro atoms. The summed E-state index contributed by atoms with van der Waals surface area (Å²) in [6.07, 6.45) is 0. The van der Waals surface area contributed by atoms with Crippen LogP contribution in [0.4, 0.5) is 5.69 Å². The number of rotatable bonds is 6. The summed E-state index contributed by atoms with van der Waals surface area (Å²) >= 11 is 0. The zero-order valence-electron chi connectivity index (χ0n) is 10.9. The molecule has 0 saturated heterocycles. The van der Waals surface area contributed by atoms with Gasteiger partial charge in [0.05, 0.1) is 10.6 Å². The SMILES string of the molecule is CCS(=O)(=O)c1ccc(NS(=O)(=O)C(C)C(=O)O)cc1. The number of anilines is 1. The summed E-state index contributed by atoms with van der Waals surface area (Å²) < 4.78 is 48.6. The summed E-state index contributed by atoms with van der Waals surface area (Å²) in [4.78, 5) is 10.7. The molecular weight excluding hydrogens is 306 g/mol. The lowest BCUT2D eigenvalue weighted by atomic mass is 10.3. The van der Waals surface area contributed by atoms with E-state index in [2.05, 4.69) is 4.72 Å². The Bertz CT molecular complexity index is 691. The molecule has 9 heteroatoms. The molecule has 0 bridgehead atoms. The molecule has 1 unspecified atom stereocenters. The molecule has 0 saturated carbocycles. The van der Waals surface area contributed by atoms with Crippen molar-refractivity contribution in [1.82, 2.24) is 0 Å². The van der Waals surface area contributed by atoms with Crippen LogP contribution in [-0.2, 0) is 24.7 Å². The molecule has 0 aliphatic rings. The Morgan fingerprint density at radius 3 is 2.10 bits per heavy atom. The third-order valence-corrected chi connectivity index (χ3v) is 6.07. The topological polar surface area (TPSA) is 118 Å². The number of carboxylic acids is 1. The Hall–Kier alpha value is -1.61. The lowest BCUT2D eigenvalue weighted by molar-refractivity contribution is -0.136. The predicted molar refractivity (Wildman–Crippen MR) is 73.8 cm³/mol. The molecule has 7 nitrogen and oxygen atoms in total. The van der Waals surface area contributed by atoms with Crippen molar-refractivity contribution in [2.24, 2.45) is 0 Å². The third-order valence-electron chi connectivity index (χ3n) is 2.67. The summed E-state index contributed by atoms with van der Waals surface area (Å²) in [5.74, 6) is -1.53. The van der Waals surface area contributed by atoms with E-state index < -0.39 is 31.1 Å². The van der Waals surface area contributed by atoms with E-state index in [1.165, 1.54) is 31.2 Å². The Morgan fingerprint density at radius 1 is 1.20 bits per heavy atom. The standard InChI is InChI=1S/C11H15NO6S2/c1-3-19(15,16)10-6-4-9(5-7-10)12-20(17,18)8(2)11(13)14/h4-8,12H,3H2,1-2H3,(H,13,14). The molecule has 0 aliphatic heterocycles. The highest BCUT2D eigenvalue weighted by Gasteiger charge is 2.27. The van der Waals surface area contributed by atoms with Crippen LogP contribution < -0.4 is 4.72 Å². The fourth-order valence-electron chi connectivity index (χ4n) is 1.28. The van der Waals surface area contributed by atoms with Crippen molar-refractivity contribution in [3.63, 3.8) is 0 Å². The first kappa shape index (κ1) is 16.4. The van der Waals surface area contributed by atoms with Gasteiger partial charge in [0.1, 0.15) is 0 Å². The quantitative estimate of drug-likeness (QED) is 0.796. The normalized spacial score (nSPS) is 13.7. The Balaban J connectivity index is 3.00. The predicted octanol–water partition coefficient (Wildman–Crippen LogP) is 0.695. The number of hydrogen-bond acceptors (Lipinski definition) is 5. The van der Waals surface area contributed by atoms with Gasteiger partial charge < -0.3 is 5.11 Å². The molecule has 2 N–H and O–H groups in total. The molecular formula is C11H15NO6S2. The van der Waals surface area contributed by atoms with E-state index in [1.54, 1.807) is 0 Å². The Labute approximate surface area is 117 Å². The van der Waals surface area contributed by atoms with Crippen LogP contribution in [-0.4, -0.2) is 38.9 Å². The molecule has 0 fully saturated rings. The number of hydrogen-bond donors (Lipinski definition) is 2. The van der Waals surface area contributed by atoms with Crippen LogP contribution in [0.3, 0.4) is 0 Å². The zero-order valence-corrected chi connectivity index (χ0v) is 12.5. The molecule has 0 amide bonds. The maximum atomic E-state index is 11.7. The van der Waals surface area contributed by atoms with Crippen molar-refractivity contribution in [3.05, 3.63) is 24.3 Å². The van der Waals surface area contributed by atoms with Crippen molar-refractivity contribution in [3.8, 4) is 0 Å². The number of carboxylic acid groups (broad SMARTS) is 1. The van der Waals surface area contributed by atoms with Gasteiger partial charge in [0.15, 0.2) is 15.1 Å². The Kier molecular flexibility index (Phi) is 4.77. The van der Waals surface area contributed by atoms with Crippen LogP contribution in [0.15, 0.2) is 29.2 Å². The molecule has 0 radical (unpaired) electrons. The lowest BCUT2D eigenvalue weighted by Crippen LogP contribution is -2.32. The van der Waals surface area contributed by atoms with Gasteiger partial charge in [-0.1, -0.05) is 6.92 Å². The van der Waals surface area contributed by atoms with Gasteiger partial charge in [-0.2, -0.15) is 0 Å². The van der Waals surface area contributed by atoms with Crippen molar-refractivity contribution >= 4 is 31.5 Å². The summed E-state index contributed by atoms with van der Waals surface area (Å²) in [7, 11) is -7.43. The maximum Gasteiger partial charge on any atom is 0.323 e.